The number of aromatic nitrogens is 4. The molecular formula is C25H24F3N5O. The van der Waals surface area contributed by atoms with Gasteiger partial charge in [0.2, 0.25) is 0 Å². The van der Waals surface area contributed by atoms with Crippen LogP contribution in [-0.4, -0.2) is 25.5 Å². The third-order valence-corrected chi connectivity index (χ3v) is 5.32. The highest BCUT2D eigenvalue weighted by Crippen LogP contribution is 2.31. The van der Waals surface area contributed by atoms with Crippen LogP contribution in [-0.2, 0) is 25.8 Å². The summed E-state index contributed by atoms with van der Waals surface area (Å²) in [6.07, 6.45) is 0.113. The first kappa shape index (κ1) is 23.3. The molecule has 34 heavy (non-hydrogen) atoms. The van der Waals surface area contributed by atoms with Crippen molar-refractivity contribution in [1.82, 2.24) is 24.9 Å². The summed E-state index contributed by atoms with van der Waals surface area (Å²) in [6.45, 7) is 4.72. The topological polar surface area (TPSA) is 64.7 Å². The van der Waals surface area contributed by atoms with Gasteiger partial charge in [-0.25, -0.2) is 0 Å². The fourth-order valence-corrected chi connectivity index (χ4v) is 3.54. The molecule has 6 nitrogen and oxygen atoms in total. The van der Waals surface area contributed by atoms with E-state index in [1.165, 1.54) is 0 Å². The summed E-state index contributed by atoms with van der Waals surface area (Å²) in [6, 6.07) is 14.9. The summed E-state index contributed by atoms with van der Waals surface area (Å²) in [4.78, 5) is 12.6. The third kappa shape index (κ3) is 5.72. The minimum absolute atomic E-state index is 0.107. The molecule has 0 spiro atoms. The zero-order chi connectivity index (χ0) is 24.3. The van der Waals surface area contributed by atoms with Crippen molar-refractivity contribution in [3.8, 4) is 0 Å². The van der Waals surface area contributed by atoms with Gasteiger partial charge < -0.3 is 5.32 Å². The average Bonchev–Trinajstić information content (AvgIpc) is 3.40. The molecule has 0 aliphatic heterocycles. The number of alkyl halides is 3. The van der Waals surface area contributed by atoms with Crippen molar-refractivity contribution in [3.05, 3.63) is 106 Å². The molecule has 0 atom stereocenters. The summed E-state index contributed by atoms with van der Waals surface area (Å²) in [5.41, 5.74) is 3.01. The van der Waals surface area contributed by atoms with Crippen molar-refractivity contribution in [2.24, 2.45) is 0 Å². The fraction of sp³-hybridized carbons (Fsp3) is 0.240. The number of nitrogens with one attached hydrogen (secondary N) is 1. The first-order chi connectivity index (χ1) is 16.2. The van der Waals surface area contributed by atoms with Gasteiger partial charge in [0.25, 0.3) is 5.91 Å². The largest absolute Gasteiger partial charge is 0.435 e. The summed E-state index contributed by atoms with van der Waals surface area (Å²) in [5.74, 6) is -0.816. The molecule has 0 bridgehead atoms. The summed E-state index contributed by atoms with van der Waals surface area (Å²) in [5, 5.41) is 10.5. The first-order valence-electron chi connectivity index (χ1n) is 10.7. The van der Waals surface area contributed by atoms with E-state index >= 15 is 0 Å². The maximum Gasteiger partial charge on any atom is 0.435 e. The Kier molecular flexibility index (Phi) is 6.54. The predicted molar refractivity (Wildman–Crippen MR) is 121 cm³/mol. The van der Waals surface area contributed by atoms with Gasteiger partial charge in [-0.1, -0.05) is 54.1 Å². The van der Waals surface area contributed by atoms with Crippen LogP contribution in [0.5, 0.6) is 0 Å². The highest BCUT2D eigenvalue weighted by atomic mass is 19.4. The third-order valence-electron chi connectivity index (χ3n) is 5.32. The Morgan fingerprint density at radius 3 is 2.00 bits per heavy atom. The number of hydrogen-bond donors (Lipinski definition) is 1. The molecule has 9 heteroatoms. The van der Waals surface area contributed by atoms with Crippen molar-refractivity contribution in [1.29, 1.82) is 0 Å². The molecule has 0 saturated carbocycles. The van der Waals surface area contributed by atoms with Crippen LogP contribution < -0.4 is 5.32 Å². The molecule has 0 radical (unpaired) electrons. The fourth-order valence-electron chi connectivity index (χ4n) is 3.54. The van der Waals surface area contributed by atoms with Crippen LogP contribution in [0.25, 0.3) is 0 Å². The van der Waals surface area contributed by atoms with Gasteiger partial charge in [0.1, 0.15) is 0 Å². The lowest BCUT2D eigenvalue weighted by Crippen LogP contribution is -2.25. The molecular weight excluding hydrogens is 443 g/mol. The van der Waals surface area contributed by atoms with Crippen LogP contribution >= 0.6 is 0 Å². The molecule has 2 aromatic heterocycles. The molecule has 4 rings (SSSR count). The van der Waals surface area contributed by atoms with Gasteiger partial charge in [-0.05, 0) is 36.1 Å². The molecule has 0 unspecified atom stereocenters. The van der Waals surface area contributed by atoms with Gasteiger partial charge in [0.05, 0.1) is 24.8 Å². The highest BCUT2D eigenvalue weighted by molar-refractivity contribution is 5.95. The van der Waals surface area contributed by atoms with Crippen LogP contribution in [0.4, 0.5) is 13.2 Å². The van der Waals surface area contributed by atoms with Crippen LogP contribution in [0.1, 0.15) is 43.9 Å². The number of halogens is 3. The van der Waals surface area contributed by atoms with E-state index in [2.05, 4.69) is 15.5 Å². The van der Waals surface area contributed by atoms with Crippen molar-refractivity contribution < 1.29 is 18.0 Å². The number of nitrogens with zero attached hydrogens (tertiary/aromatic N) is 4. The Labute approximate surface area is 195 Å². The van der Waals surface area contributed by atoms with E-state index in [1.807, 2.05) is 73.3 Å². The van der Waals surface area contributed by atoms with Crippen molar-refractivity contribution in [3.63, 3.8) is 0 Å². The quantitative estimate of drug-likeness (QED) is 0.427. The van der Waals surface area contributed by atoms with E-state index in [0.29, 0.717) is 6.54 Å². The number of amides is 1. The van der Waals surface area contributed by atoms with E-state index in [4.69, 9.17) is 0 Å². The summed E-state index contributed by atoms with van der Waals surface area (Å²) >= 11 is 0. The van der Waals surface area contributed by atoms with Crippen LogP contribution in [0, 0.1) is 13.8 Å². The van der Waals surface area contributed by atoms with Gasteiger partial charge in [0, 0.05) is 18.9 Å². The van der Waals surface area contributed by atoms with Crippen LogP contribution in [0.15, 0.2) is 67.1 Å². The van der Waals surface area contributed by atoms with E-state index in [0.717, 1.165) is 38.7 Å². The number of rotatable bonds is 7. The molecule has 2 heterocycles. The highest BCUT2D eigenvalue weighted by Gasteiger charge is 2.39. The molecule has 0 aliphatic carbocycles. The average molecular weight is 467 g/mol. The maximum absolute atomic E-state index is 13.6. The number of carbonyl (C=O) groups excluding carboxylic acids is 1. The van der Waals surface area contributed by atoms with Crippen molar-refractivity contribution >= 4 is 5.91 Å². The molecule has 176 valence electrons. The monoisotopic (exact) mass is 467 g/mol. The standard InChI is InChI=1S/C25H24F3N5O/c1-17-3-5-19(6-4-17)12-29-24(34)22-16-33(31-23(22)25(26,27)28)15-21-9-7-20(8-10-21)14-32-13-18(2)11-30-32/h3-11,13,16H,12,14-15H2,1-2H3,(H,29,34). The summed E-state index contributed by atoms with van der Waals surface area (Å²) < 4.78 is 43.7. The summed E-state index contributed by atoms with van der Waals surface area (Å²) in [7, 11) is 0. The predicted octanol–water partition coefficient (Wildman–Crippen LogP) is 4.74. The van der Waals surface area contributed by atoms with Crippen LogP contribution in [0.2, 0.25) is 0 Å². The number of carbonyl (C=O) groups is 1. The maximum atomic E-state index is 13.6. The lowest BCUT2D eigenvalue weighted by Gasteiger charge is -2.07. The lowest BCUT2D eigenvalue weighted by atomic mass is 10.1. The molecule has 1 N–H and O–H groups in total. The SMILES string of the molecule is Cc1ccc(CNC(=O)c2cn(Cc3ccc(Cn4cc(C)cn4)cc3)nc2C(F)(F)F)cc1. The Bertz CT molecular complexity index is 1270. The minimum atomic E-state index is -4.74. The Hall–Kier alpha value is -3.88. The molecule has 4 aromatic rings. The molecule has 2 aromatic carbocycles. The van der Waals surface area contributed by atoms with E-state index in [-0.39, 0.29) is 13.1 Å². The van der Waals surface area contributed by atoms with E-state index in [9.17, 15) is 18.0 Å². The smallest absolute Gasteiger partial charge is 0.348 e. The van der Waals surface area contributed by atoms with Crippen LogP contribution in [0.3, 0.4) is 0 Å². The number of hydrogen-bond acceptors (Lipinski definition) is 3. The van der Waals surface area contributed by atoms with Crippen molar-refractivity contribution in [2.45, 2.75) is 39.7 Å². The Morgan fingerprint density at radius 2 is 1.44 bits per heavy atom. The zero-order valence-electron chi connectivity index (χ0n) is 18.8. The zero-order valence-corrected chi connectivity index (χ0v) is 18.8. The first-order valence-corrected chi connectivity index (χ1v) is 10.7. The Balaban J connectivity index is 1.46. The second-order valence-corrected chi connectivity index (χ2v) is 8.29. The molecule has 0 fully saturated rings. The number of aryl methyl sites for hydroxylation is 2. The van der Waals surface area contributed by atoms with Gasteiger partial charge in [0.15, 0.2) is 5.69 Å². The van der Waals surface area contributed by atoms with E-state index in [1.54, 1.807) is 6.20 Å². The van der Waals surface area contributed by atoms with E-state index < -0.39 is 23.3 Å². The minimum Gasteiger partial charge on any atom is -0.348 e. The second kappa shape index (κ2) is 9.54. The molecule has 1 amide bonds. The normalized spacial score (nSPS) is 11.6. The number of benzene rings is 2. The lowest BCUT2D eigenvalue weighted by molar-refractivity contribution is -0.141. The van der Waals surface area contributed by atoms with Gasteiger partial charge in [-0.3, -0.25) is 14.2 Å². The second-order valence-electron chi connectivity index (χ2n) is 8.29. The molecule has 0 saturated heterocycles. The van der Waals surface area contributed by atoms with Gasteiger partial charge in [-0.2, -0.15) is 23.4 Å². The van der Waals surface area contributed by atoms with Gasteiger partial charge >= 0.3 is 6.18 Å². The Morgan fingerprint density at radius 1 is 0.853 bits per heavy atom. The molecule has 0 aliphatic rings. The van der Waals surface area contributed by atoms with Gasteiger partial charge in [-0.15, -0.1) is 0 Å². The van der Waals surface area contributed by atoms with Crippen molar-refractivity contribution in [2.75, 3.05) is 0 Å².